The molecule has 0 saturated heterocycles. The zero-order valence-electron chi connectivity index (χ0n) is 7.33. The Kier molecular flexibility index (Phi) is 1.58. The molecular formula is C9H11NO3. The summed E-state index contributed by atoms with van der Waals surface area (Å²) >= 11 is 0. The number of carboxylic acids is 1. The van der Waals surface area contributed by atoms with Crippen LogP contribution in [0.1, 0.15) is 30.3 Å². The van der Waals surface area contributed by atoms with Crippen molar-refractivity contribution in [1.29, 1.82) is 0 Å². The summed E-state index contributed by atoms with van der Waals surface area (Å²) in [5, 5.41) is 11.7. The number of hydrogen-bond acceptors (Lipinski definition) is 3. The van der Waals surface area contributed by atoms with Crippen LogP contribution < -0.4 is 5.32 Å². The van der Waals surface area contributed by atoms with Gasteiger partial charge in [0.05, 0.1) is 0 Å². The maximum atomic E-state index is 10.5. The Balaban J connectivity index is 2.09. The van der Waals surface area contributed by atoms with E-state index >= 15 is 0 Å². The van der Waals surface area contributed by atoms with E-state index in [1.165, 1.54) is 6.07 Å². The maximum absolute atomic E-state index is 10.5. The molecule has 0 radical (unpaired) electrons. The number of hydrogen-bond donors (Lipinski definition) is 2. The molecule has 2 N–H and O–H groups in total. The highest BCUT2D eigenvalue weighted by Crippen LogP contribution is 2.38. The zero-order chi connectivity index (χ0) is 9.47. The van der Waals surface area contributed by atoms with Gasteiger partial charge in [-0.05, 0) is 25.8 Å². The first-order valence-electron chi connectivity index (χ1n) is 4.20. The van der Waals surface area contributed by atoms with E-state index in [0.717, 1.165) is 12.8 Å². The highest BCUT2D eigenvalue weighted by atomic mass is 16.4. The number of furan rings is 1. The average molecular weight is 181 g/mol. The van der Waals surface area contributed by atoms with Crippen molar-refractivity contribution in [3.63, 3.8) is 0 Å². The number of carboxylic acid groups (broad SMARTS) is 1. The second kappa shape index (κ2) is 2.52. The fourth-order valence-corrected chi connectivity index (χ4v) is 1.13. The highest BCUT2D eigenvalue weighted by molar-refractivity contribution is 5.84. The molecule has 1 aliphatic rings. The van der Waals surface area contributed by atoms with Crippen LogP contribution in [0.5, 0.6) is 0 Å². The quantitative estimate of drug-likeness (QED) is 0.748. The third-order valence-electron chi connectivity index (χ3n) is 2.24. The third kappa shape index (κ3) is 1.66. The topological polar surface area (TPSA) is 62.5 Å². The Hall–Kier alpha value is -1.45. The largest absolute Gasteiger partial charge is 0.475 e. The Labute approximate surface area is 75.6 Å². The van der Waals surface area contributed by atoms with Crippen LogP contribution in [0.25, 0.3) is 0 Å². The van der Waals surface area contributed by atoms with Crippen molar-refractivity contribution in [2.24, 2.45) is 0 Å². The fourth-order valence-electron chi connectivity index (χ4n) is 1.13. The zero-order valence-corrected chi connectivity index (χ0v) is 7.33. The fraction of sp³-hybridized carbons (Fsp3) is 0.444. The maximum Gasteiger partial charge on any atom is 0.371 e. The highest BCUT2D eigenvalue weighted by Gasteiger charge is 2.37. The van der Waals surface area contributed by atoms with E-state index in [0.29, 0.717) is 5.88 Å². The van der Waals surface area contributed by atoms with E-state index in [2.05, 4.69) is 12.2 Å². The average Bonchev–Trinajstić information content (AvgIpc) is 2.62. The lowest BCUT2D eigenvalue weighted by Gasteiger charge is -2.08. The summed E-state index contributed by atoms with van der Waals surface area (Å²) in [4.78, 5) is 10.5. The van der Waals surface area contributed by atoms with E-state index in [1.54, 1.807) is 6.07 Å². The predicted molar refractivity (Wildman–Crippen MR) is 46.9 cm³/mol. The summed E-state index contributed by atoms with van der Waals surface area (Å²) in [6.07, 6.45) is 2.21. The molecule has 4 heteroatoms. The lowest BCUT2D eigenvalue weighted by Crippen LogP contribution is -2.15. The summed E-state index contributed by atoms with van der Waals surface area (Å²) < 4.78 is 5.05. The number of rotatable bonds is 3. The molecule has 2 rings (SSSR count). The molecule has 70 valence electrons. The summed E-state index contributed by atoms with van der Waals surface area (Å²) in [7, 11) is 0. The van der Waals surface area contributed by atoms with Gasteiger partial charge in [-0.15, -0.1) is 0 Å². The molecule has 4 nitrogen and oxygen atoms in total. The van der Waals surface area contributed by atoms with E-state index in [4.69, 9.17) is 9.52 Å². The van der Waals surface area contributed by atoms with Crippen LogP contribution in [-0.4, -0.2) is 16.6 Å². The predicted octanol–water partition coefficient (Wildman–Crippen LogP) is 1.94. The summed E-state index contributed by atoms with van der Waals surface area (Å²) in [5.41, 5.74) is 0.119. The van der Waals surface area contributed by atoms with Crippen molar-refractivity contribution >= 4 is 11.9 Å². The molecule has 1 saturated carbocycles. The number of aromatic carboxylic acids is 1. The van der Waals surface area contributed by atoms with Gasteiger partial charge in [0.1, 0.15) is 0 Å². The summed E-state index contributed by atoms with van der Waals surface area (Å²) in [6, 6.07) is 3.10. The molecule has 0 aromatic carbocycles. The molecule has 1 aliphatic carbocycles. The minimum atomic E-state index is -1.03. The lowest BCUT2D eigenvalue weighted by molar-refractivity contribution is 0.0663. The molecular weight excluding hydrogens is 170 g/mol. The molecule has 1 heterocycles. The van der Waals surface area contributed by atoms with Gasteiger partial charge in [-0.2, -0.15) is 0 Å². The lowest BCUT2D eigenvalue weighted by atomic mass is 10.3. The van der Waals surface area contributed by atoms with E-state index in [9.17, 15) is 4.79 Å². The number of carbonyl (C=O) groups is 1. The molecule has 1 aromatic heterocycles. The standard InChI is InChI=1S/C9H11NO3/c1-9(4-5-9)10-7-3-2-6(13-7)8(11)12/h2-3,10H,4-5H2,1H3,(H,11,12). The van der Waals surface area contributed by atoms with Crippen molar-refractivity contribution in [2.75, 3.05) is 5.32 Å². The minimum Gasteiger partial charge on any atom is -0.475 e. The smallest absolute Gasteiger partial charge is 0.371 e. The van der Waals surface area contributed by atoms with Gasteiger partial charge in [-0.25, -0.2) is 4.79 Å². The van der Waals surface area contributed by atoms with Crippen molar-refractivity contribution in [3.05, 3.63) is 17.9 Å². The summed E-state index contributed by atoms with van der Waals surface area (Å²) in [6.45, 7) is 2.08. The Morgan fingerprint density at radius 3 is 2.77 bits per heavy atom. The molecule has 0 atom stereocenters. The van der Waals surface area contributed by atoms with E-state index < -0.39 is 5.97 Å². The molecule has 1 aromatic rings. The van der Waals surface area contributed by atoms with Crippen molar-refractivity contribution in [2.45, 2.75) is 25.3 Å². The van der Waals surface area contributed by atoms with Gasteiger partial charge in [0.25, 0.3) is 0 Å². The molecule has 0 unspecified atom stereocenters. The number of nitrogens with one attached hydrogen (secondary N) is 1. The third-order valence-corrected chi connectivity index (χ3v) is 2.24. The van der Waals surface area contributed by atoms with Crippen LogP contribution in [-0.2, 0) is 0 Å². The first kappa shape index (κ1) is 8.16. The Bertz CT molecular complexity index is 338. The SMILES string of the molecule is CC1(Nc2ccc(C(=O)O)o2)CC1. The van der Waals surface area contributed by atoms with Crippen LogP contribution in [0.4, 0.5) is 5.88 Å². The van der Waals surface area contributed by atoms with Gasteiger partial charge < -0.3 is 14.8 Å². The first-order valence-corrected chi connectivity index (χ1v) is 4.20. The first-order chi connectivity index (χ1) is 6.09. The monoisotopic (exact) mass is 181 g/mol. The second-order valence-electron chi connectivity index (χ2n) is 3.65. The van der Waals surface area contributed by atoms with Gasteiger partial charge in [-0.1, -0.05) is 0 Å². The van der Waals surface area contributed by atoms with Crippen LogP contribution in [0.2, 0.25) is 0 Å². The molecule has 0 amide bonds. The molecule has 1 fully saturated rings. The van der Waals surface area contributed by atoms with Crippen LogP contribution >= 0.6 is 0 Å². The van der Waals surface area contributed by atoms with E-state index in [1.807, 2.05) is 0 Å². The van der Waals surface area contributed by atoms with Crippen LogP contribution in [0.3, 0.4) is 0 Å². The van der Waals surface area contributed by atoms with Gasteiger partial charge >= 0.3 is 5.97 Å². The number of anilines is 1. The molecule has 0 bridgehead atoms. The second-order valence-corrected chi connectivity index (χ2v) is 3.65. The normalized spacial score (nSPS) is 18.2. The van der Waals surface area contributed by atoms with Crippen molar-refractivity contribution in [3.8, 4) is 0 Å². The summed E-state index contributed by atoms with van der Waals surface area (Å²) in [5.74, 6) is -0.516. The minimum absolute atomic E-state index is 0.0215. The van der Waals surface area contributed by atoms with Crippen LogP contribution in [0.15, 0.2) is 16.5 Å². The van der Waals surface area contributed by atoms with Gasteiger partial charge in [0, 0.05) is 11.6 Å². The van der Waals surface area contributed by atoms with Gasteiger partial charge in [-0.3, -0.25) is 0 Å². The van der Waals surface area contributed by atoms with Crippen molar-refractivity contribution < 1.29 is 14.3 Å². The molecule has 0 spiro atoms. The van der Waals surface area contributed by atoms with E-state index in [-0.39, 0.29) is 11.3 Å². The van der Waals surface area contributed by atoms with Crippen molar-refractivity contribution in [1.82, 2.24) is 0 Å². The Morgan fingerprint density at radius 2 is 2.31 bits per heavy atom. The Morgan fingerprint density at radius 1 is 1.62 bits per heavy atom. The van der Waals surface area contributed by atoms with Gasteiger partial charge in [0.15, 0.2) is 5.88 Å². The molecule has 13 heavy (non-hydrogen) atoms. The molecule has 0 aliphatic heterocycles. The van der Waals surface area contributed by atoms with Gasteiger partial charge in [0.2, 0.25) is 5.76 Å². The van der Waals surface area contributed by atoms with Crippen LogP contribution in [0, 0.1) is 0 Å².